The predicted octanol–water partition coefficient (Wildman–Crippen LogP) is 2.03. The van der Waals surface area contributed by atoms with Gasteiger partial charge in [0.1, 0.15) is 10.3 Å². The maximum absolute atomic E-state index is 10.6. The fourth-order valence-electron chi connectivity index (χ4n) is 1.52. The van der Waals surface area contributed by atoms with Crippen LogP contribution in [0.4, 0.5) is 0 Å². The SMILES string of the molecule is Cc1cccc2nc(CC(=O)O)c(Br)n12. The highest BCUT2D eigenvalue weighted by Crippen LogP contribution is 2.21. The zero-order valence-electron chi connectivity index (χ0n) is 8.07. The van der Waals surface area contributed by atoms with E-state index in [-0.39, 0.29) is 6.42 Å². The molecule has 0 saturated heterocycles. The number of halogens is 1. The molecule has 0 radical (unpaired) electrons. The Balaban J connectivity index is 2.64. The van der Waals surface area contributed by atoms with Gasteiger partial charge in [-0.3, -0.25) is 9.20 Å². The third-order valence-electron chi connectivity index (χ3n) is 2.17. The zero-order chi connectivity index (χ0) is 11.0. The highest BCUT2D eigenvalue weighted by Gasteiger charge is 2.13. The molecule has 2 aromatic rings. The van der Waals surface area contributed by atoms with Gasteiger partial charge in [-0.2, -0.15) is 0 Å². The molecule has 2 rings (SSSR count). The van der Waals surface area contributed by atoms with Crippen LogP contribution in [0.3, 0.4) is 0 Å². The monoisotopic (exact) mass is 268 g/mol. The minimum absolute atomic E-state index is 0.0678. The Bertz CT molecular complexity index is 533. The second kappa shape index (κ2) is 3.66. The molecule has 0 spiro atoms. The average molecular weight is 269 g/mol. The van der Waals surface area contributed by atoms with Gasteiger partial charge in [0, 0.05) is 5.69 Å². The van der Waals surface area contributed by atoms with E-state index < -0.39 is 5.97 Å². The van der Waals surface area contributed by atoms with Crippen LogP contribution in [0.2, 0.25) is 0 Å². The molecular weight excluding hydrogens is 260 g/mol. The maximum atomic E-state index is 10.6. The van der Waals surface area contributed by atoms with Gasteiger partial charge in [-0.1, -0.05) is 6.07 Å². The van der Waals surface area contributed by atoms with Crippen molar-refractivity contribution in [3.05, 3.63) is 34.2 Å². The van der Waals surface area contributed by atoms with Crippen molar-refractivity contribution < 1.29 is 9.90 Å². The van der Waals surface area contributed by atoms with Gasteiger partial charge in [0.25, 0.3) is 0 Å². The summed E-state index contributed by atoms with van der Waals surface area (Å²) in [6, 6.07) is 5.70. The van der Waals surface area contributed by atoms with Crippen molar-refractivity contribution in [3.63, 3.8) is 0 Å². The van der Waals surface area contributed by atoms with Gasteiger partial charge in [0.05, 0.1) is 12.1 Å². The molecule has 4 nitrogen and oxygen atoms in total. The number of hydrogen-bond donors (Lipinski definition) is 1. The lowest BCUT2D eigenvalue weighted by molar-refractivity contribution is -0.136. The molecule has 0 unspecified atom stereocenters. The average Bonchev–Trinajstić information content (AvgIpc) is 2.44. The second-order valence-electron chi connectivity index (χ2n) is 3.28. The molecule has 0 bridgehead atoms. The van der Waals surface area contributed by atoms with Gasteiger partial charge in [0.15, 0.2) is 0 Å². The first-order valence-electron chi connectivity index (χ1n) is 4.44. The number of hydrogen-bond acceptors (Lipinski definition) is 2. The standard InChI is InChI=1S/C10H9BrN2O2/c1-6-3-2-4-8-12-7(5-9(14)15)10(11)13(6)8/h2-4H,5H2,1H3,(H,14,15). The molecule has 0 atom stereocenters. The maximum Gasteiger partial charge on any atom is 0.309 e. The van der Waals surface area contributed by atoms with Crippen molar-refractivity contribution >= 4 is 27.5 Å². The lowest BCUT2D eigenvalue weighted by Crippen LogP contribution is -2.01. The fraction of sp³-hybridized carbons (Fsp3) is 0.200. The van der Waals surface area contributed by atoms with E-state index >= 15 is 0 Å². The molecule has 0 aliphatic carbocycles. The van der Waals surface area contributed by atoms with E-state index in [1.165, 1.54) is 0 Å². The van der Waals surface area contributed by atoms with Crippen molar-refractivity contribution in [1.29, 1.82) is 0 Å². The normalized spacial score (nSPS) is 10.8. The van der Waals surface area contributed by atoms with Crippen LogP contribution in [0.15, 0.2) is 22.8 Å². The van der Waals surface area contributed by atoms with E-state index in [9.17, 15) is 4.79 Å². The summed E-state index contributed by atoms with van der Waals surface area (Å²) >= 11 is 3.37. The Morgan fingerprint density at radius 2 is 2.33 bits per heavy atom. The fourth-order valence-corrected chi connectivity index (χ4v) is 2.21. The Kier molecular flexibility index (Phi) is 2.48. The summed E-state index contributed by atoms with van der Waals surface area (Å²) in [6.07, 6.45) is -0.0678. The Morgan fingerprint density at radius 3 is 2.93 bits per heavy atom. The molecule has 5 heteroatoms. The Hall–Kier alpha value is -1.36. The third kappa shape index (κ3) is 1.74. The summed E-state index contributed by atoms with van der Waals surface area (Å²) in [5, 5.41) is 8.72. The van der Waals surface area contributed by atoms with E-state index in [2.05, 4.69) is 20.9 Å². The number of fused-ring (bicyclic) bond motifs is 1. The van der Waals surface area contributed by atoms with Crippen LogP contribution in [-0.2, 0) is 11.2 Å². The number of carbonyl (C=O) groups is 1. The number of rotatable bonds is 2. The summed E-state index contributed by atoms with van der Waals surface area (Å²) in [4.78, 5) is 14.9. The predicted molar refractivity (Wildman–Crippen MR) is 59.0 cm³/mol. The second-order valence-corrected chi connectivity index (χ2v) is 4.03. The molecule has 0 aromatic carbocycles. The van der Waals surface area contributed by atoms with Crippen LogP contribution in [-0.4, -0.2) is 20.5 Å². The zero-order valence-corrected chi connectivity index (χ0v) is 9.65. The van der Waals surface area contributed by atoms with E-state index in [4.69, 9.17) is 5.11 Å². The molecular formula is C10H9BrN2O2. The van der Waals surface area contributed by atoms with Crippen LogP contribution in [0, 0.1) is 6.92 Å². The van der Waals surface area contributed by atoms with Crippen molar-refractivity contribution in [3.8, 4) is 0 Å². The quantitative estimate of drug-likeness (QED) is 0.907. The molecule has 0 fully saturated rings. The molecule has 0 aliphatic rings. The number of aromatic nitrogens is 2. The molecule has 2 heterocycles. The van der Waals surface area contributed by atoms with E-state index in [0.717, 1.165) is 15.9 Å². The summed E-state index contributed by atoms with van der Waals surface area (Å²) in [5.41, 5.74) is 2.33. The summed E-state index contributed by atoms with van der Waals surface area (Å²) in [6.45, 7) is 1.95. The van der Waals surface area contributed by atoms with Crippen molar-refractivity contribution in [2.45, 2.75) is 13.3 Å². The molecule has 1 N–H and O–H groups in total. The molecule has 0 amide bonds. The first-order valence-corrected chi connectivity index (χ1v) is 5.23. The molecule has 0 aliphatic heterocycles. The van der Waals surface area contributed by atoms with Crippen molar-refractivity contribution in [1.82, 2.24) is 9.38 Å². The molecule has 2 aromatic heterocycles. The number of nitrogens with zero attached hydrogens (tertiary/aromatic N) is 2. The van der Waals surface area contributed by atoms with Crippen LogP contribution in [0.5, 0.6) is 0 Å². The van der Waals surface area contributed by atoms with E-state index in [1.54, 1.807) is 0 Å². The van der Waals surface area contributed by atoms with E-state index in [1.807, 2.05) is 29.5 Å². The largest absolute Gasteiger partial charge is 0.481 e. The summed E-state index contributed by atoms with van der Waals surface area (Å²) < 4.78 is 2.61. The lowest BCUT2D eigenvalue weighted by atomic mass is 10.3. The first kappa shape index (κ1) is 10.2. The Labute approximate surface area is 94.7 Å². The minimum atomic E-state index is -0.878. The Morgan fingerprint density at radius 1 is 1.60 bits per heavy atom. The van der Waals surface area contributed by atoms with Gasteiger partial charge in [0.2, 0.25) is 0 Å². The van der Waals surface area contributed by atoms with E-state index in [0.29, 0.717) is 5.69 Å². The minimum Gasteiger partial charge on any atom is -0.481 e. The summed E-state index contributed by atoms with van der Waals surface area (Å²) in [7, 11) is 0. The van der Waals surface area contributed by atoms with Crippen LogP contribution >= 0.6 is 15.9 Å². The number of carboxylic acid groups (broad SMARTS) is 1. The highest BCUT2D eigenvalue weighted by molar-refractivity contribution is 9.10. The molecule has 15 heavy (non-hydrogen) atoms. The van der Waals surface area contributed by atoms with Crippen LogP contribution < -0.4 is 0 Å². The number of aryl methyl sites for hydroxylation is 1. The smallest absolute Gasteiger partial charge is 0.309 e. The highest BCUT2D eigenvalue weighted by atomic mass is 79.9. The number of pyridine rings is 1. The van der Waals surface area contributed by atoms with Gasteiger partial charge in [-0.05, 0) is 35.0 Å². The number of carboxylic acids is 1. The van der Waals surface area contributed by atoms with Gasteiger partial charge < -0.3 is 5.11 Å². The van der Waals surface area contributed by atoms with Crippen molar-refractivity contribution in [2.24, 2.45) is 0 Å². The van der Waals surface area contributed by atoms with Crippen LogP contribution in [0.1, 0.15) is 11.4 Å². The number of imidazole rings is 1. The first-order chi connectivity index (χ1) is 7.09. The lowest BCUT2D eigenvalue weighted by Gasteiger charge is -1.99. The third-order valence-corrected chi connectivity index (χ3v) is 2.98. The molecule has 0 saturated carbocycles. The number of aliphatic carboxylic acids is 1. The molecule has 78 valence electrons. The van der Waals surface area contributed by atoms with Gasteiger partial charge >= 0.3 is 5.97 Å². The van der Waals surface area contributed by atoms with Crippen molar-refractivity contribution in [2.75, 3.05) is 0 Å². The van der Waals surface area contributed by atoms with Crippen LogP contribution in [0.25, 0.3) is 5.65 Å². The summed E-state index contributed by atoms with van der Waals surface area (Å²) in [5.74, 6) is -0.878. The van der Waals surface area contributed by atoms with Gasteiger partial charge in [-0.15, -0.1) is 0 Å². The topological polar surface area (TPSA) is 54.6 Å². The van der Waals surface area contributed by atoms with Gasteiger partial charge in [-0.25, -0.2) is 4.98 Å².